The minimum Gasteiger partial charge on any atom is -0.490 e. The van der Waals surface area contributed by atoms with E-state index >= 15 is 0 Å². The number of halogens is 1. The molecule has 5 aliphatic rings. The van der Waals surface area contributed by atoms with Crippen LogP contribution < -0.4 is 4.74 Å². The van der Waals surface area contributed by atoms with Crippen molar-refractivity contribution in [3.63, 3.8) is 0 Å². The molecule has 1 saturated heterocycles. The first kappa shape index (κ1) is 18.9. The summed E-state index contributed by atoms with van der Waals surface area (Å²) in [6.07, 6.45) is 7.71. The molecule has 0 amide bonds. The topological polar surface area (TPSA) is 44.8 Å². The maximum Gasteiger partial charge on any atom is 0.252 e. The zero-order chi connectivity index (χ0) is 19.5. The third-order valence-electron chi connectivity index (χ3n) is 7.31. The van der Waals surface area contributed by atoms with Crippen molar-refractivity contribution < 1.29 is 19.0 Å². The zero-order valence-corrected chi connectivity index (χ0v) is 17.5. The Morgan fingerprint density at radius 2 is 1.79 bits per heavy atom. The van der Waals surface area contributed by atoms with Crippen molar-refractivity contribution in [2.24, 2.45) is 17.8 Å². The van der Waals surface area contributed by atoms with E-state index in [1.807, 2.05) is 26.0 Å². The van der Waals surface area contributed by atoms with E-state index in [1.54, 1.807) is 6.07 Å². The van der Waals surface area contributed by atoms with Gasteiger partial charge in [0.1, 0.15) is 18.5 Å². The molecule has 6 rings (SSSR count). The first-order valence-corrected chi connectivity index (χ1v) is 11.0. The van der Waals surface area contributed by atoms with E-state index in [4.69, 9.17) is 25.8 Å². The number of carbonyl (C=O) groups excluding carboxylic acids is 1. The summed E-state index contributed by atoms with van der Waals surface area (Å²) in [6.45, 7) is 4.85. The Morgan fingerprint density at radius 1 is 1.14 bits per heavy atom. The van der Waals surface area contributed by atoms with E-state index in [-0.39, 0.29) is 11.5 Å². The Morgan fingerprint density at radius 3 is 2.32 bits per heavy atom. The van der Waals surface area contributed by atoms with Crippen LogP contribution in [0.25, 0.3) is 0 Å². The van der Waals surface area contributed by atoms with E-state index in [2.05, 4.69) is 0 Å². The number of carbonyl (C=O) groups is 1. The van der Waals surface area contributed by atoms with Gasteiger partial charge in [0, 0.05) is 11.1 Å². The molecule has 1 unspecified atom stereocenters. The number of rotatable bonds is 5. The van der Waals surface area contributed by atoms with Crippen molar-refractivity contribution in [3.8, 4) is 5.75 Å². The molecule has 152 valence electrons. The van der Waals surface area contributed by atoms with Gasteiger partial charge in [-0.25, -0.2) is 0 Å². The normalized spacial score (nSPS) is 38.0. The second-order valence-electron chi connectivity index (χ2n) is 9.94. The van der Waals surface area contributed by atoms with Gasteiger partial charge >= 0.3 is 0 Å². The van der Waals surface area contributed by atoms with Crippen LogP contribution >= 0.6 is 11.6 Å². The number of benzene rings is 1. The van der Waals surface area contributed by atoms with Gasteiger partial charge in [-0.1, -0.05) is 0 Å². The predicted octanol–water partition coefficient (Wildman–Crippen LogP) is 5.06. The largest absolute Gasteiger partial charge is 0.490 e. The molecule has 28 heavy (non-hydrogen) atoms. The minimum atomic E-state index is -0.550. The standard InChI is InChI=1S/C23H29ClO4/c1-22(2)27-13-18(28-22)12-26-20-4-3-17(21(24)25)8-19(20)23-9-14-5-15(10-23)7-16(6-14)11-23/h3-4,8,14-16,18H,5-7,9-13H2,1-2H3. The Kier molecular flexibility index (Phi) is 4.53. The molecule has 1 heterocycles. The zero-order valence-electron chi connectivity index (χ0n) is 16.7. The van der Waals surface area contributed by atoms with Gasteiger partial charge in [0.2, 0.25) is 0 Å². The third kappa shape index (κ3) is 3.38. The molecule has 1 atom stereocenters. The van der Waals surface area contributed by atoms with Crippen LogP contribution in [0, 0.1) is 17.8 Å². The van der Waals surface area contributed by atoms with Gasteiger partial charge in [0.25, 0.3) is 5.24 Å². The second kappa shape index (κ2) is 6.72. The summed E-state index contributed by atoms with van der Waals surface area (Å²) < 4.78 is 17.8. The van der Waals surface area contributed by atoms with Gasteiger partial charge in [0.05, 0.1) is 6.61 Å². The van der Waals surface area contributed by atoms with Crippen LogP contribution in [0.5, 0.6) is 5.75 Å². The molecule has 0 radical (unpaired) electrons. The van der Waals surface area contributed by atoms with Crippen LogP contribution in [0.3, 0.4) is 0 Å². The molecule has 5 heteroatoms. The van der Waals surface area contributed by atoms with Gasteiger partial charge in [-0.15, -0.1) is 0 Å². The van der Waals surface area contributed by atoms with Gasteiger partial charge in [0.15, 0.2) is 5.79 Å². The van der Waals surface area contributed by atoms with E-state index in [0.29, 0.717) is 18.8 Å². The summed E-state index contributed by atoms with van der Waals surface area (Å²) in [7, 11) is 0. The molecule has 4 nitrogen and oxygen atoms in total. The summed E-state index contributed by atoms with van der Waals surface area (Å²) in [6, 6.07) is 5.73. The first-order chi connectivity index (χ1) is 13.3. The Bertz CT molecular complexity index is 752. The molecular weight excluding hydrogens is 376 g/mol. The molecule has 4 saturated carbocycles. The fourth-order valence-corrected chi connectivity index (χ4v) is 6.78. The van der Waals surface area contributed by atoms with Crippen LogP contribution in [0.4, 0.5) is 0 Å². The fraction of sp³-hybridized carbons (Fsp3) is 0.696. The molecule has 4 bridgehead atoms. The average Bonchev–Trinajstić information content (AvgIpc) is 2.97. The van der Waals surface area contributed by atoms with Gasteiger partial charge in [-0.05, 0) is 105 Å². The third-order valence-corrected chi connectivity index (χ3v) is 7.53. The van der Waals surface area contributed by atoms with Crippen LogP contribution in [0.15, 0.2) is 18.2 Å². The van der Waals surface area contributed by atoms with E-state index in [9.17, 15) is 4.79 Å². The van der Waals surface area contributed by atoms with Crippen molar-refractivity contribution in [2.75, 3.05) is 13.2 Å². The molecule has 0 aromatic heterocycles. The highest BCUT2D eigenvalue weighted by Gasteiger charge is 2.52. The Labute approximate surface area is 171 Å². The Hall–Kier alpha value is -1.10. The molecule has 4 aliphatic carbocycles. The lowest BCUT2D eigenvalue weighted by Crippen LogP contribution is -2.48. The molecule has 5 fully saturated rings. The highest BCUT2D eigenvalue weighted by atomic mass is 35.5. The van der Waals surface area contributed by atoms with Gasteiger partial charge in [-0.2, -0.15) is 0 Å². The number of hydrogen-bond donors (Lipinski definition) is 0. The quantitative estimate of drug-likeness (QED) is 0.643. The maximum atomic E-state index is 11.9. The lowest BCUT2D eigenvalue weighted by atomic mass is 9.48. The van der Waals surface area contributed by atoms with Crippen molar-refractivity contribution in [1.29, 1.82) is 0 Å². The summed E-state index contributed by atoms with van der Waals surface area (Å²) >= 11 is 5.83. The second-order valence-corrected chi connectivity index (χ2v) is 10.3. The van der Waals surface area contributed by atoms with Crippen LogP contribution in [0.1, 0.15) is 68.3 Å². The van der Waals surface area contributed by atoms with Crippen molar-refractivity contribution in [2.45, 2.75) is 69.7 Å². The average molecular weight is 405 g/mol. The molecule has 0 N–H and O–H groups in total. The van der Waals surface area contributed by atoms with E-state index in [0.717, 1.165) is 23.5 Å². The van der Waals surface area contributed by atoms with Crippen LogP contribution in [-0.4, -0.2) is 30.3 Å². The predicted molar refractivity (Wildman–Crippen MR) is 107 cm³/mol. The highest BCUT2D eigenvalue weighted by molar-refractivity contribution is 6.67. The fourth-order valence-electron chi connectivity index (χ4n) is 6.66. The van der Waals surface area contributed by atoms with Gasteiger partial charge in [-0.3, -0.25) is 4.79 Å². The summed E-state index contributed by atoms with van der Waals surface area (Å²) in [5.74, 6) is 2.80. The lowest BCUT2D eigenvalue weighted by molar-refractivity contribution is -0.141. The van der Waals surface area contributed by atoms with E-state index in [1.165, 1.54) is 44.1 Å². The molecule has 1 aliphatic heterocycles. The number of hydrogen-bond acceptors (Lipinski definition) is 4. The SMILES string of the molecule is CC1(C)OCC(COc2ccc(C(=O)Cl)cc2C23CC4CC(CC(C4)C2)C3)O1. The first-order valence-electron chi connectivity index (χ1n) is 10.6. The molecule has 0 spiro atoms. The molecule has 1 aromatic carbocycles. The smallest absolute Gasteiger partial charge is 0.252 e. The van der Waals surface area contributed by atoms with Crippen LogP contribution in [-0.2, 0) is 14.9 Å². The van der Waals surface area contributed by atoms with Crippen molar-refractivity contribution in [3.05, 3.63) is 29.3 Å². The molecular formula is C23H29ClO4. The summed E-state index contributed by atoms with van der Waals surface area (Å²) in [4.78, 5) is 11.9. The highest BCUT2D eigenvalue weighted by Crippen LogP contribution is 2.62. The Balaban J connectivity index is 1.44. The minimum absolute atomic E-state index is 0.0754. The van der Waals surface area contributed by atoms with Crippen molar-refractivity contribution in [1.82, 2.24) is 0 Å². The summed E-state index contributed by atoms with van der Waals surface area (Å²) in [5.41, 5.74) is 1.90. The van der Waals surface area contributed by atoms with E-state index < -0.39 is 11.0 Å². The maximum absolute atomic E-state index is 11.9. The van der Waals surface area contributed by atoms with Gasteiger partial charge < -0.3 is 14.2 Å². The lowest BCUT2D eigenvalue weighted by Gasteiger charge is -2.57. The summed E-state index contributed by atoms with van der Waals surface area (Å²) in [5, 5.41) is -0.396. The van der Waals surface area contributed by atoms with Crippen LogP contribution in [0.2, 0.25) is 0 Å². The number of ether oxygens (including phenoxy) is 3. The molecule has 1 aromatic rings. The monoisotopic (exact) mass is 404 g/mol. The van der Waals surface area contributed by atoms with Crippen molar-refractivity contribution >= 4 is 16.8 Å².